The molecule has 2 heterocycles. The molecule has 1 aliphatic carbocycles. The third-order valence-corrected chi connectivity index (χ3v) is 4.53. The molecule has 19 heavy (non-hydrogen) atoms. The molecule has 4 heteroatoms. The minimum Gasteiger partial charge on any atom is -0.462 e. The molecule has 0 atom stereocenters. The highest BCUT2D eigenvalue weighted by atomic mass is 32.1. The third kappa shape index (κ3) is 2.74. The summed E-state index contributed by atoms with van der Waals surface area (Å²) < 4.78 is 5.57. The molecule has 0 saturated heterocycles. The van der Waals surface area contributed by atoms with Gasteiger partial charge in [-0.05, 0) is 44.4 Å². The molecule has 102 valence electrons. The average molecular weight is 276 g/mol. The summed E-state index contributed by atoms with van der Waals surface area (Å²) in [6.45, 7) is 6.28. The van der Waals surface area contributed by atoms with E-state index in [1.807, 2.05) is 6.07 Å². The van der Waals surface area contributed by atoms with Crippen LogP contribution in [0.15, 0.2) is 16.7 Å². The molecule has 0 radical (unpaired) electrons. The highest BCUT2D eigenvalue weighted by Crippen LogP contribution is 2.44. The molecular weight excluding hydrogens is 256 g/mol. The molecule has 0 bridgehead atoms. The Labute approximate surface area is 118 Å². The van der Waals surface area contributed by atoms with E-state index in [1.54, 1.807) is 17.6 Å². The molecule has 0 aliphatic heterocycles. The maximum atomic E-state index is 5.57. The van der Waals surface area contributed by atoms with E-state index in [0.29, 0.717) is 5.92 Å². The number of aryl methyl sites for hydroxylation is 1. The Morgan fingerprint density at radius 3 is 2.95 bits per heavy atom. The van der Waals surface area contributed by atoms with Gasteiger partial charge in [0.1, 0.15) is 0 Å². The van der Waals surface area contributed by atoms with Gasteiger partial charge in [0.15, 0.2) is 10.8 Å². The van der Waals surface area contributed by atoms with Crippen molar-refractivity contribution in [1.29, 1.82) is 0 Å². The van der Waals surface area contributed by atoms with Gasteiger partial charge in [-0.1, -0.05) is 6.92 Å². The normalized spacial score (nSPS) is 15.1. The highest BCUT2D eigenvalue weighted by molar-refractivity contribution is 7.15. The van der Waals surface area contributed by atoms with Crippen molar-refractivity contribution in [2.24, 2.45) is 0 Å². The average Bonchev–Trinajstić information content (AvgIpc) is 3.03. The van der Waals surface area contributed by atoms with Crippen LogP contribution in [-0.2, 0) is 6.54 Å². The Morgan fingerprint density at radius 1 is 1.47 bits per heavy atom. The van der Waals surface area contributed by atoms with Crippen LogP contribution in [0.2, 0.25) is 0 Å². The van der Waals surface area contributed by atoms with Gasteiger partial charge in [-0.2, -0.15) is 0 Å². The number of furan rings is 1. The van der Waals surface area contributed by atoms with E-state index in [-0.39, 0.29) is 0 Å². The second-order valence-electron chi connectivity index (χ2n) is 5.21. The van der Waals surface area contributed by atoms with Gasteiger partial charge < -0.3 is 9.73 Å². The van der Waals surface area contributed by atoms with E-state index in [4.69, 9.17) is 9.40 Å². The smallest absolute Gasteiger partial charge is 0.165 e. The highest BCUT2D eigenvalue weighted by Gasteiger charge is 2.30. The fraction of sp³-hybridized carbons (Fsp3) is 0.533. The number of rotatable bonds is 6. The van der Waals surface area contributed by atoms with Gasteiger partial charge >= 0.3 is 0 Å². The summed E-state index contributed by atoms with van der Waals surface area (Å²) in [5.74, 6) is 1.63. The topological polar surface area (TPSA) is 38.1 Å². The van der Waals surface area contributed by atoms with Gasteiger partial charge in [-0.15, -0.1) is 11.3 Å². The predicted molar refractivity (Wildman–Crippen MR) is 78.5 cm³/mol. The Balaban J connectivity index is 1.86. The molecule has 1 saturated carbocycles. The molecule has 0 aromatic carbocycles. The van der Waals surface area contributed by atoms with E-state index in [1.165, 1.54) is 35.4 Å². The number of thiazole rings is 1. The van der Waals surface area contributed by atoms with Crippen molar-refractivity contribution in [3.05, 3.63) is 28.5 Å². The number of hydrogen-bond donors (Lipinski definition) is 1. The molecule has 1 aliphatic rings. The third-order valence-electron chi connectivity index (χ3n) is 3.46. The van der Waals surface area contributed by atoms with Crippen LogP contribution >= 0.6 is 11.3 Å². The van der Waals surface area contributed by atoms with Crippen LogP contribution in [0.5, 0.6) is 0 Å². The van der Waals surface area contributed by atoms with Gasteiger partial charge in [0.2, 0.25) is 0 Å². The molecule has 0 unspecified atom stereocenters. The van der Waals surface area contributed by atoms with Crippen molar-refractivity contribution in [1.82, 2.24) is 10.3 Å². The summed E-state index contributed by atoms with van der Waals surface area (Å²) in [6, 6.07) is 2.00. The maximum absolute atomic E-state index is 5.57. The van der Waals surface area contributed by atoms with Crippen LogP contribution in [0.4, 0.5) is 0 Å². The molecule has 2 aromatic heterocycles. The van der Waals surface area contributed by atoms with E-state index in [2.05, 4.69) is 19.2 Å². The molecule has 3 rings (SSSR count). The van der Waals surface area contributed by atoms with Crippen molar-refractivity contribution in [2.45, 2.75) is 45.6 Å². The first kappa shape index (κ1) is 12.9. The lowest BCUT2D eigenvalue weighted by molar-refractivity contribution is 0.580. The first-order chi connectivity index (χ1) is 9.29. The first-order valence-corrected chi connectivity index (χ1v) is 7.86. The predicted octanol–water partition coefficient (Wildman–Crippen LogP) is 4.09. The zero-order valence-corrected chi connectivity index (χ0v) is 12.3. The lowest BCUT2D eigenvalue weighted by Crippen LogP contribution is -2.13. The zero-order chi connectivity index (χ0) is 13.2. The van der Waals surface area contributed by atoms with Crippen LogP contribution in [0.1, 0.15) is 48.2 Å². The van der Waals surface area contributed by atoms with Gasteiger partial charge in [0, 0.05) is 17.3 Å². The monoisotopic (exact) mass is 276 g/mol. The summed E-state index contributed by atoms with van der Waals surface area (Å²) >= 11 is 1.78. The summed E-state index contributed by atoms with van der Waals surface area (Å²) in [5.41, 5.74) is 2.48. The Morgan fingerprint density at radius 2 is 2.32 bits per heavy atom. The van der Waals surface area contributed by atoms with E-state index in [9.17, 15) is 0 Å². The van der Waals surface area contributed by atoms with Crippen molar-refractivity contribution in [3.8, 4) is 10.8 Å². The maximum Gasteiger partial charge on any atom is 0.165 e. The molecular formula is C15H20N2OS. The molecule has 0 amide bonds. The van der Waals surface area contributed by atoms with Gasteiger partial charge in [0.25, 0.3) is 0 Å². The van der Waals surface area contributed by atoms with Crippen molar-refractivity contribution >= 4 is 11.3 Å². The van der Waals surface area contributed by atoms with Crippen LogP contribution < -0.4 is 5.32 Å². The molecule has 3 nitrogen and oxygen atoms in total. The molecule has 1 fully saturated rings. The van der Waals surface area contributed by atoms with Crippen LogP contribution in [0.25, 0.3) is 10.8 Å². The fourth-order valence-electron chi connectivity index (χ4n) is 2.23. The van der Waals surface area contributed by atoms with Crippen molar-refractivity contribution in [3.63, 3.8) is 0 Å². The number of aromatic nitrogens is 1. The van der Waals surface area contributed by atoms with E-state index >= 15 is 0 Å². The molecule has 0 spiro atoms. The van der Waals surface area contributed by atoms with Crippen molar-refractivity contribution < 1.29 is 4.42 Å². The summed E-state index contributed by atoms with van der Waals surface area (Å²) in [5, 5.41) is 4.53. The molecule has 2 aromatic rings. The SMILES string of the molecule is CCCNCc1sc(-c2occc2C)nc1C1CC1. The quantitative estimate of drug-likeness (QED) is 0.808. The summed E-state index contributed by atoms with van der Waals surface area (Å²) in [7, 11) is 0. The zero-order valence-electron chi connectivity index (χ0n) is 11.5. The van der Waals surface area contributed by atoms with Crippen LogP contribution in [-0.4, -0.2) is 11.5 Å². The second-order valence-corrected chi connectivity index (χ2v) is 6.29. The lowest BCUT2D eigenvalue weighted by atomic mass is 10.2. The Hall–Kier alpha value is -1.13. The Kier molecular flexibility index (Phi) is 3.71. The van der Waals surface area contributed by atoms with Crippen molar-refractivity contribution in [2.75, 3.05) is 6.54 Å². The summed E-state index contributed by atoms with van der Waals surface area (Å²) in [4.78, 5) is 6.23. The fourth-order valence-corrected chi connectivity index (χ4v) is 3.40. The minimum absolute atomic E-state index is 0.693. The van der Waals surface area contributed by atoms with E-state index < -0.39 is 0 Å². The standard InChI is InChI=1S/C15H20N2OS/c1-3-7-16-9-12-13(11-4-5-11)17-15(19-12)14-10(2)6-8-18-14/h6,8,11,16H,3-5,7,9H2,1-2H3. The van der Waals surface area contributed by atoms with Gasteiger partial charge in [-0.3, -0.25) is 0 Å². The Bertz CT molecular complexity index is 554. The minimum atomic E-state index is 0.693. The van der Waals surface area contributed by atoms with Crippen LogP contribution in [0.3, 0.4) is 0 Å². The molecule has 1 N–H and O–H groups in total. The second kappa shape index (κ2) is 5.47. The van der Waals surface area contributed by atoms with E-state index in [0.717, 1.165) is 23.9 Å². The largest absolute Gasteiger partial charge is 0.462 e. The van der Waals surface area contributed by atoms with Crippen LogP contribution in [0, 0.1) is 6.92 Å². The number of hydrogen-bond acceptors (Lipinski definition) is 4. The number of nitrogens with zero attached hydrogens (tertiary/aromatic N) is 1. The first-order valence-electron chi connectivity index (χ1n) is 7.04. The van der Waals surface area contributed by atoms with Gasteiger partial charge in [-0.25, -0.2) is 4.98 Å². The summed E-state index contributed by atoms with van der Waals surface area (Å²) in [6.07, 6.45) is 5.50. The number of nitrogens with one attached hydrogen (secondary N) is 1. The van der Waals surface area contributed by atoms with Gasteiger partial charge in [0.05, 0.1) is 12.0 Å². The lowest BCUT2D eigenvalue weighted by Gasteiger charge is -2.01.